The van der Waals surface area contributed by atoms with Gasteiger partial charge >= 0.3 is 5.97 Å². The molecule has 0 atom stereocenters. The number of pyridine rings is 1. The second-order valence-corrected chi connectivity index (χ2v) is 8.31. The first-order chi connectivity index (χ1) is 15.5. The van der Waals surface area contributed by atoms with Crippen molar-refractivity contribution in [2.75, 3.05) is 19.7 Å². The van der Waals surface area contributed by atoms with E-state index in [1.807, 2.05) is 6.07 Å². The van der Waals surface area contributed by atoms with E-state index in [0.29, 0.717) is 19.1 Å². The average Bonchev–Trinajstić information content (AvgIpc) is 2.79. The molecule has 0 aliphatic carbocycles. The molecular weight excluding hydrogens is 400 g/mol. The van der Waals surface area contributed by atoms with Gasteiger partial charge in [-0.05, 0) is 47.2 Å². The fraction of sp³-hybridized carbons (Fsp3) is 0.333. The third-order valence-electron chi connectivity index (χ3n) is 6.07. The summed E-state index contributed by atoms with van der Waals surface area (Å²) < 4.78 is 11.2. The van der Waals surface area contributed by atoms with E-state index in [4.69, 9.17) is 14.5 Å². The summed E-state index contributed by atoms with van der Waals surface area (Å²) in [6, 6.07) is 18.9. The van der Waals surface area contributed by atoms with Crippen LogP contribution in [0.25, 0.3) is 11.1 Å². The van der Waals surface area contributed by atoms with Gasteiger partial charge in [0.05, 0.1) is 5.69 Å². The van der Waals surface area contributed by atoms with E-state index in [2.05, 4.69) is 67.3 Å². The maximum atomic E-state index is 10.9. The van der Waals surface area contributed by atoms with Gasteiger partial charge in [-0.15, -0.1) is 0 Å². The zero-order valence-electron chi connectivity index (χ0n) is 19.1. The number of nitrogens with zero attached hydrogens (tertiary/aromatic N) is 2. The quantitative estimate of drug-likeness (QED) is 0.501. The molecule has 32 heavy (non-hydrogen) atoms. The first-order valence-corrected chi connectivity index (χ1v) is 11.1. The van der Waals surface area contributed by atoms with Crippen LogP contribution in [0.3, 0.4) is 0 Å². The lowest BCUT2D eigenvalue weighted by molar-refractivity contribution is -0.141. The zero-order valence-corrected chi connectivity index (χ0v) is 19.1. The Kier molecular flexibility index (Phi) is 6.86. The summed E-state index contributed by atoms with van der Waals surface area (Å²) in [5, 5.41) is 0. The molecule has 0 bridgehead atoms. The molecule has 1 aromatic heterocycles. The molecule has 5 nitrogen and oxygen atoms in total. The van der Waals surface area contributed by atoms with Crippen molar-refractivity contribution in [2.24, 2.45) is 0 Å². The Morgan fingerprint density at radius 2 is 1.84 bits per heavy atom. The lowest BCUT2D eigenvalue weighted by atomic mass is 9.94. The lowest BCUT2D eigenvalue weighted by Gasteiger charge is -2.28. The zero-order chi connectivity index (χ0) is 22.5. The van der Waals surface area contributed by atoms with Gasteiger partial charge in [-0.1, -0.05) is 48.5 Å². The summed E-state index contributed by atoms with van der Waals surface area (Å²) in [6.45, 7) is 9.14. The van der Waals surface area contributed by atoms with E-state index in [1.165, 1.54) is 40.3 Å². The Hall–Kier alpha value is -3.18. The van der Waals surface area contributed by atoms with Gasteiger partial charge in [-0.25, -0.2) is 4.98 Å². The van der Waals surface area contributed by atoms with Crippen LogP contribution < -0.4 is 4.74 Å². The largest absolute Gasteiger partial charge is 0.473 e. The summed E-state index contributed by atoms with van der Waals surface area (Å²) in [5.74, 6) is 0.434. The van der Waals surface area contributed by atoms with Crippen LogP contribution in [0.5, 0.6) is 5.88 Å². The van der Waals surface area contributed by atoms with Gasteiger partial charge in [0.15, 0.2) is 0 Å². The van der Waals surface area contributed by atoms with E-state index >= 15 is 0 Å². The minimum absolute atomic E-state index is 0.231. The summed E-state index contributed by atoms with van der Waals surface area (Å²) in [7, 11) is 0. The first kappa shape index (κ1) is 22.0. The van der Waals surface area contributed by atoms with E-state index in [-0.39, 0.29) is 5.97 Å². The van der Waals surface area contributed by atoms with Gasteiger partial charge in [0.1, 0.15) is 13.2 Å². The third kappa shape index (κ3) is 5.17. The summed E-state index contributed by atoms with van der Waals surface area (Å²) in [4.78, 5) is 18.0. The van der Waals surface area contributed by atoms with Crippen LogP contribution in [-0.2, 0) is 29.1 Å². The number of fused-ring (bicyclic) bond motifs is 1. The second kappa shape index (κ2) is 9.96. The summed E-state index contributed by atoms with van der Waals surface area (Å²) in [5.41, 5.74) is 8.49. The first-order valence-electron chi connectivity index (χ1n) is 11.1. The van der Waals surface area contributed by atoms with Gasteiger partial charge in [0.25, 0.3) is 0 Å². The van der Waals surface area contributed by atoms with Gasteiger partial charge in [0.2, 0.25) is 5.88 Å². The van der Waals surface area contributed by atoms with Crippen molar-refractivity contribution in [2.45, 2.75) is 40.3 Å². The smallest absolute Gasteiger partial charge is 0.302 e. The van der Waals surface area contributed by atoms with Crippen molar-refractivity contribution in [1.82, 2.24) is 9.88 Å². The maximum absolute atomic E-state index is 10.9. The number of carbonyl (C=O) groups excluding carboxylic acids is 1. The molecule has 0 amide bonds. The number of ether oxygens (including phenoxy) is 2. The Morgan fingerprint density at radius 1 is 1.03 bits per heavy atom. The van der Waals surface area contributed by atoms with Gasteiger partial charge in [-0.3, -0.25) is 9.69 Å². The number of rotatable bonds is 7. The van der Waals surface area contributed by atoms with Gasteiger partial charge < -0.3 is 9.47 Å². The van der Waals surface area contributed by atoms with E-state index in [0.717, 1.165) is 31.7 Å². The Labute approximate surface area is 190 Å². The molecule has 5 heteroatoms. The fourth-order valence-corrected chi connectivity index (χ4v) is 4.20. The highest BCUT2D eigenvalue weighted by Gasteiger charge is 2.18. The maximum Gasteiger partial charge on any atom is 0.302 e. The highest BCUT2D eigenvalue weighted by Crippen LogP contribution is 2.29. The second-order valence-electron chi connectivity index (χ2n) is 8.31. The molecule has 2 aromatic carbocycles. The Bertz CT molecular complexity index is 1110. The standard InChI is InChI=1S/C27H30N2O3/c1-19-7-4-5-9-24(19)25-10-6-8-23(20(25)2)18-32-27-12-11-22-17-29(14-13-26(22)28-27)15-16-31-21(3)30/h4-12H,13-18H2,1-3H3. The van der Waals surface area contributed by atoms with E-state index in [9.17, 15) is 4.79 Å². The molecule has 4 rings (SSSR count). The minimum Gasteiger partial charge on any atom is -0.473 e. The van der Waals surface area contributed by atoms with Crippen LogP contribution in [0.15, 0.2) is 54.6 Å². The molecule has 1 aliphatic rings. The van der Waals surface area contributed by atoms with Crippen LogP contribution in [0.2, 0.25) is 0 Å². The highest BCUT2D eigenvalue weighted by atomic mass is 16.5. The molecule has 0 fully saturated rings. The van der Waals surface area contributed by atoms with Crippen molar-refractivity contribution in [3.05, 3.63) is 82.5 Å². The fourth-order valence-electron chi connectivity index (χ4n) is 4.20. The average molecular weight is 431 g/mol. The summed E-state index contributed by atoms with van der Waals surface area (Å²) in [6.07, 6.45) is 0.869. The van der Waals surface area contributed by atoms with Crippen molar-refractivity contribution >= 4 is 5.97 Å². The number of aryl methyl sites for hydroxylation is 1. The normalized spacial score (nSPS) is 13.5. The molecule has 0 saturated heterocycles. The monoisotopic (exact) mass is 430 g/mol. The van der Waals surface area contributed by atoms with Crippen LogP contribution in [-0.4, -0.2) is 35.5 Å². The molecule has 0 saturated carbocycles. The van der Waals surface area contributed by atoms with Crippen LogP contribution in [0.4, 0.5) is 0 Å². The number of hydrogen-bond donors (Lipinski definition) is 0. The Morgan fingerprint density at radius 3 is 2.66 bits per heavy atom. The third-order valence-corrected chi connectivity index (χ3v) is 6.07. The van der Waals surface area contributed by atoms with Crippen LogP contribution >= 0.6 is 0 Å². The molecule has 1 aliphatic heterocycles. The topological polar surface area (TPSA) is 51.7 Å². The number of esters is 1. The predicted molar refractivity (Wildman–Crippen MR) is 126 cm³/mol. The SMILES string of the molecule is CC(=O)OCCN1CCc2nc(OCc3cccc(-c4ccccc4C)c3C)ccc2C1. The van der Waals surface area contributed by atoms with Crippen LogP contribution in [0.1, 0.15) is 34.9 Å². The molecule has 3 aromatic rings. The van der Waals surface area contributed by atoms with Gasteiger partial charge in [-0.2, -0.15) is 0 Å². The summed E-state index contributed by atoms with van der Waals surface area (Å²) >= 11 is 0. The Balaban J connectivity index is 1.41. The van der Waals surface area contributed by atoms with Crippen molar-refractivity contribution in [3.63, 3.8) is 0 Å². The molecule has 0 spiro atoms. The molecule has 0 radical (unpaired) electrons. The van der Waals surface area contributed by atoms with Crippen molar-refractivity contribution < 1.29 is 14.3 Å². The van der Waals surface area contributed by atoms with E-state index in [1.54, 1.807) is 0 Å². The number of hydrogen-bond acceptors (Lipinski definition) is 5. The van der Waals surface area contributed by atoms with Crippen LogP contribution in [0, 0.1) is 13.8 Å². The predicted octanol–water partition coefficient (Wildman–Crippen LogP) is 4.87. The minimum atomic E-state index is -0.231. The van der Waals surface area contributed by atoms with Crippen molar-refractivity contribution in [1.29, 1.82) is 0 Å². The molecule has 0 N–H and O–H groups in total. The van der Waals surface area contributed by atoms with E-state index < -0.39 is 0 Å². The number of benzene rings is 2. The highest BCUT2D eigenvalue weighted by molar-refractivity contribution is 5.71. The molecule has 166 valence electrons. The molecule has 2 heterocycles. The molecule has 0 unspecified atom stereocenters. The van der Waals surface area contributed by atoms with Crippen molar-refractivity contribution in [3.8, 4) is 17.0 Å². The number of aromatic nitrogens is 1. The number of carbonyl (C=O) groups is 1. The molecular formula is C27H30N2O3. The lowest BCUT2D eigenvalue weighted by Crippen LogP contribution is -2.34. The van der Waals surface area contributed by atoms with Gasteiger partial charge in [0, 0.05) is 39.0 Å².